The zero-order valence-corrected chi connectivity index (χ0v) is 10.9. The quantitative estimate of drug-likeness (QED) is 0.799. The van der Waals surface area contributed by atoms with E-state index in [1.807, 2.05) is 24.3 Å². The molecule has 0 aliphatic carbocycles. The highest BCUT2D eigenvalue weighted by Crippen LogP contribution is 2.10. The Kier molecular flexibility index (Phi) is 5.49. The van der Waals surface area contributed by atoms with E-state index >= 15 is 0 Å². The molecule has 0 bridgehead atoms. The van der Waals surface area contributed by atoms with Gasteiger partial charge in [0.2, 0.25) is 0 Å². The highest BCUT2D eigenvalue weighted by atomic mass is 79.9. The summed E-state index contributed by atoms with van der Waals surface area (Å²) in [4.78, 5) is 11.6. The molecule has 4 heteroatoms. The van der Waals surface area contributed by atoms with Crippen LogP contribution in [0.2, 0.25) is 0 Å². The van der Waals surface area contributed by atoms with Crippen molar-refractivity contribution in [2.24, 2.45) is 0 Å². The number of halogens is 1. The summed E-state index contributed by atoms with van der Waals surface area (Å²) in [7, 11) is 0. The number of carboxylic acid groups (broad SMARTS) is 1. The van der Waals surface area contributed by atoms with E-state index in [0.717, 1.165) is 34.4 Å². The number of benzene rings is 1. The van der Waals surface area contributed by atoms with Crippen LogP contribution in [-0.2, 0) is 11.3 Å². The lowest BCUT2D eigenvalue weighted by atomic mass is 10.2. The molecule has 1 rings (SSSR count). The number of rotatable bonds is 6. The van der Waals surface area contributed by atoms with Crippen LogP contribution >= 0.6 is 15.9 Å². The minimum atomic E-state index is -0.988. The Balaban J connectivity index is 2.63. The first-order valence-electron chi connectivity index (χ1n) is 5.39. The molecule has 0 radical (unpaired) electrons. The van der Waals surface area contributed by atoms with Crippen LogP contribution in [-0.4, -0.2) is 19.1 Å². The van der Waals surface area contributed by atoms with Gasteiger partial charge in [0.1, 0.15) is 13.1 Å². The lowest BCUT2D eigenvalue weighted by Gasteiger charge is -2.19. The van der Waals surface area contributed by atoms with Crippen LogP contribution in [0.3, 0.4) is 0 Å². The van der Waals surface area contributed by atoms with Crippen molar-refractivity contribution in [3.05, 3.63) is 34.3 Å². The molecular weight excluding hydrogens is 270 g/mol. The number of carboxylic acids is 1. The maximum absolute atomic E-state index is 10.6. The summed E-state index contributed by atoms with van der Waals surface area (Å²) in [5.41, 5.74) is 1.14. The van der Waals surface area contributed by atoms with Crippen LogP contribution in [0.5, 0.6) is 0 Å². The molecule has 1 N–H and O–H groups in total. The minimum Gasteiger partial charge on any atom is -0.544 e. The molecule has 0 amide bonds. The van der Waals surface area contributed by atoms with Crippen molar-refractivity contribution in [2.45, 2.75) is 19.9 Å². The number of aliphatic carboxylic acids is 1. The van der Waals surface area contributed by atoms with Crippen molar-refractivity contribution < 1.29 is 14.8 Å². The zero-order valence-electron chi connectivity index (χ0n) is 9.33. The largest absolute Gasteiger partial charge is 0.544 e. The van der Waals surface area contributed by atoms with Gasteiger partial charge >= 0.3 is 0 Å². The van der Waals surface area contributed by atoms with Gasteiger partial charge in [-0.15, -0.1) is 0 Å². The molecule has 0 aliphatic heterocycles. The van der Waals surface area contributed by atoms with Crippen molar-refractivity contribution in [1.82, 2.24) is 0 Å². The fraction of sp³-hybridized carbons (Fsp3) is 0.417. The molecule has 0 saturated carbocycles. The molecule has 3 nitrogen and oxygen atoms in total. The molecule has 1 aromatic carbocycles. The molecule has 0 aliphatic rings. The second-order valence-electron chi connectivity index (χ2n) is 3.86. The number of hydrogen-bond donors (Lipinski definition) is 1. The Morgan fingerprint density at radius 3 is 2.81 bits per heavy atom. The van der Waals surface area contributed by atoms with E-state index in [-0.39, 0.29) is 6.54 Å². The molecule has 0 spiro atoms. The monoisotopic (exact) mass is 285 g/mol. The maximum Gasteiger partial charge on any atom is 0.118 e. The molecule has 1 unspecified atom stereocenters. The van der Waals surface area contributed by atoms with Crippen molar-refractivity contribution >= 4 is 21.9 Å². The average Bonchev–Trinajstić information content (AvgIpc) is 2.16. The Bertz CT molecular complexity index is 355. The average molecular weight is 286 g/mol. The molecule has 16 heavy (non-hydrogen) atoms. The summed E-state index contributed by atoms with van der Waals surface area (Å²) < 4.78 is 1.02. The second kappa shape index (κ2) is 6.66. The van der Waals surface area contributed by atoms with Crippen molar-refractivity contribution in [3.63, 3.8) is 0 Å². The molecule has 88 valence electrons. The molecule has 0 fully saturated rings. The van der Waals surface area contributed by atoms with Crippen LogP contribution in [0.4, 0.5) is 0 Å². The Morgan fingerprint density at radius 1 is 1.50 bits per heavy atom. The van der Waals surface area contributed by atoms with Crippen LogP contribution < -0.4 is 10.0 Å². The number of carbonyl (C=O) groups excluding carboxylic acids is 1. The van der Waals surface area contributed by atoms with Gasteiger partial charge in [0.25, 0.3) is 0 Å². The summed E-state index contributed by atoms with van der Waals surface area (Å²) in [6, 6.07) is 7.95. The van der Waals surface area contributed by atoms with E-state index in [0.29, 0.717) is 0 Å². The van der Waals surface area contributed by atoms with Crippen LogP contribution in [0.15, 0.2) is 28.7 Å². The van der Waals surface area contributed by atoms with Gasteiger partial charge in [-0.1, -0.05) is 35.0 Å². The molecule has 0 heterocycles. The van der Waals surface area contributed by atoms with Crippen LogP contribution in [0, 0.1) is 0 Å². The van der Waals surface area contributed by atoms with Crippen LogP contribution in [0.25, 0.3) is 0 Å². The standard InChI is InChI=1S/C12H16BrNO2/c1-2-6-14(9-12(15)16)8-10-4-3-5-11(13)7-10/h3-5,7H,2,6,8-9H2,1H3,(H,15,16). The lowest BCUT2D eigenvalue weighted by molar-refractivity contribution is -0.908. The van der Waals surface area contributed by atoms with Gasteiger partial charge in [-0.3, -0.25) is 0 Å². The van der Waals surface area contributed by atoms with Crippen molar-refractivity contribution in [2.75, 3.05) is 13.1 Å². The maximum atomic E-state index is 10.6. The summed E-state index contributed by atoms with van der Waals surface area (Å²) in [5.74, 6) is -0.988. The second-order valence-corrected chi connectivity index (χ2v) is 4.77. The van der Waals surface area contributed by atoms with Crippen molar-refractivity contribution in [1.29, 1.82) is 0 Å². The molecule has 1 atom stereocenters. The van der Waals surface area contributed by atoms with E-state index in [4.69, 9.17) is 0 Å². The first-order valence-corrected chi connectivity index (χ1v) is 6.19. The predicted octanol–water partition coefficient (Wildman–Crippen LogP) is -0.00610. The van der Waals surface area contributed by atoms with Gasteiger partial charge in [0, 0.05) is 10.0 Å². The van der Waals surface area contributed by atoms with E-state index in [1.165, 1.54) is 0 Å². The number of hydrogen-bond acceptors (Lipinski definition) is 2. The van der Waals surface area contributed by atoms with Gasteiger partial charge in [-0.25, -0.2) is 0 Å². The van der Waals surface area contributed by atoms with Crippen LogP contribution in [0.1, 0.15) is 18.9 Å². The lowest BCUT2D eigenvalue weighted by Crippen LogP contribution is -3.12. The molecule has 1 aromatic rings. The smallest absolute Gasteiger partial charge is 0.118 e. The highest BCUT2D eigenvalue weighted by molar-refractivity contribution is 9.10. The Labute approximate surface area is 104 Å². The normalized spacial score (nSPS) is 12.4. The fourth-order valence-electron chi connectivity index (χ4n) is 1.73. The first-order chi connectivity index (χ1) is 7.61. The molecule has 0 aromatic heterocycles. The van der Waals surface area contributed by atoms with Gasteiger partial charge in [-0.2, -0.15) is 0 Å². The number of quaternary nitrogens is 1. The summed E-state index contributed by atoms with van der Waals surface area (Å²) >= 11 is 3.40. The Hall–Kier alpha value is -0.870. The zero-order chi connectivity index (χ0) is 12.0. The molecule has 0 saturated heterocycles. The summed E-state index contributed by atoms with van der Waals surface area (Å²) in [5, 5.41) is 10.6. The first kappa shape index (κ1) is 13.2. The summed E-state index contributed by atoms with van der Waals surface area (Å²) in [6.07, 6.45) is 0.969. The van der Waals surface area contributed by atoms with Crippen molar-refractivity contribution in [3.8, 4) is 0 Å². The van der Waals surface area contributed by atoms with Gasteiger partial charge < -0.3 is 14.8 Å². The predicted molar refractivity (Wildman–Crippen MR) is 63.8 cm³/mol. The topological polar surface area (TPSA) is 44.6 Å². The third-order valence-corrected chi connectivity index (χ3v) is 2.83. The van der Waals surface area contributed by atoms with E-state index in [2.05, 4.69) is 22.9 Å². The van der Waals surface area contributed by atoms with E-state index in [1.54, 1.807) is 0 Å². The summed E-state index contributed by atoms with van der Waals surface area (Å²) in [6.45, 7) is 3.69. The number of carbonyl (C=O) groups is 1. The minimum absolute atomic E-state index is 0.0698. The third kappa shape index (κ3) is 4.77. The van der Waals surface area contributed by atoms with Gasteiger partial charge in [-0.05, 0) is 18.6 Å². The third-order valence-electron chi connectivity index (χ3n) is 2.34. The SMILES string of the molecule is CCC[NH+](CC(=O)[O-])Cc1cccc(Br)c1. The Morgan fingerprint density at radius 2 is 2.25 bits per heavy atom. The van der Waals surface area contributed by atoms with Gasteiger partial charge in [0.05, 0.1) is 12.5 Å². The van der Waals surface area contributed by atoms with E-state index in [9.17, 15) is 9.90 Å². The molecular formula is C12H16BrNO2. The fourth-order valence-corrected chi connectivity index (χ4v) is 2.18. The van der Waals surface area contributed by atoms with Gasteiger partial charge in [0.15, 0.2) is 0 Å². The number of nitrogens with one attached hydrogen (secondary N) is 1. The highest BCUT2D eigenvalue weighted by Gasteiger charge is 2.08. The van der Waals surface area contributed by atoms with E-state index < -0.39 is 5.97 Å².